The molecule has 0 spiro atoms. The Bertz CT molecular complexity index is 908. The van der Waals surface area contributed by atoms with Crippen molar-refractivity contribution < 1.29 is 0 Å². The maximum absolute atomic E-state index is 6.35. The highest BCUT2D eigenvalue weighted by molar-refractivity contribution is 7.16. The molecule has 3 aromatic rings. The molecule has 0 aliphatic carbocycles. The van der Waals surface area contributed by atoms with Gasteiger partial charge < -0.3 is 10.6 Å². The lowest BCUT2D eigenvalue weighted by Gasteiger charge is -2.08. The van der Waals surface area contributed by atoms with Gasteiger partial charge in [-0.15, -0.1) is 22.7 Å². The summed E-state index contributed by atoms with van der Waals surface area (Å²) in [4.78, 5) is 14.3. The first-order chi connectivity index (χ1) is 12.1. The monoisotopic (exact) mass is 411 g/mol. The number of hydrogen-bond donors (Lipinski definition) is 2. The topological polar surface area (TPSA) is 62.7 Å². The average Bonchev–Trinajstić information content (AvgIpc) is 3.26. The van der Waals surface area contributed by atoms with Crippen LogP contribution in [0.3, 0.4) is 0 Å². The van der Waals surface area contributed by atoms with Crippen LogP contribution in [-0.4, -0.2) is 21.5 Å². The molecule has 9 heteroatoms. The molecular weight excluding hydrogens is 397 g/mol. The van der Waals surface area contributed by atoms with Crippen molar-refractivity contribution in [2.45, 2.75) is 25.8 Å². The van der Waals surface area contributed by atoms with E-state index < -0.39 is 0 Å². The standard InChI is InChI=1S/C16H15Cl2N5S2/c1-8-22-11(7-24-8)6-21-16-23-14(18)13(25-16)2-9-4-19-15-12(9)3-10(17)5-20-15/h3,5,7,9H,2,4,6H2,1H3,(H,19,20)(H,21,23). The Balaban J connectivity index is 1.45. The van der Waals surface area contributed by atoms with E-state index in [4.69, 9.17) is 23.2 Å². The molecule has 25 heavy (non-hydrogen) atoms. The second-order valence-electron chi connectivity index (χ2n) is 5.82. The lowest BCUT2D eigenvalue weighted by atomic mass is 9.99. The normalized spacial score (nSPS) is 15.9. The predicted octanol–water partition coefficient (Wildman–Crippen LogP) is 4.97. The molecular formula is C16H15Cl2N5S2. The van der Waals surface area contributed by atoms with E-state index in [9.17, 15) is 0 Å². The minimum Gasteiger partial charge on any atom is -0.369 e. The first-order valence-electron chi connectivity index (χ1n) is 7.78. The van der Waals surface area contributed by atoms with Gasteiger partial charge in [0.15, 0.2) is 5.13 Å². The van der Waals surface area contributed by atoms with Gasteiger partial charge in [0.25, 0.3) is 0 Å². The summed E-state index contributed by atoms with van der Waals surface area (Å²) in [6.07, 6.45) is 2.48. The lowest BCUT2D eigenvalue weighted by molar-refractivity contribution is 0.760. The highest BCUT2D eigenvalue weighted by Crippen LogP contribution is 2.37. The van der Waals surface area contributed by atoms with Crippen molar-refractivity contribution in [3.63, 3.8) is 0 Å². The van der Waals surface area contributed by atoms with Crippen LogP contribution in [0.2, 0.25) is 10.2 Å². The molecule has 4 heterocycles. The smallest absolute Gasteiger partial charge is 0.184 e. The third-order valence-electron chi connectivity index (χ3n) is 4.01. The van der Waals surface area contributed by atoms with Gasteiger partial charge in [-0.05, 0) is 19.4 Å². The number of aryl methyl sites for hydroxylation is 1. The summed E-state index contributed by atoms with van der Waals surface area (Å²) in [6, 6.07) is 1.98. The quantitative estimate of drug-likeness (QED) is 0.619. The van der Waals surface area contributed by atoms with Crippen molar-refractivity contribution in [1.29, 1.82) is 0 Å². The van der Waals surface area contributed by atoms with Crippen LogP contribution in [0.25, 0.3) is 0 Å². The van der Waals surface area contributed by atoms with Crippen molar-refractivity contribution >= 4 is 56.8 Å². The number of aromatic nitrogens is 3. The molecule has 0 saturated carbocycles. The minimum atomic E-state index is 0.299. The van der Waals surface area contributed by atoms with Crippen molar-refractivity contribution in [2.24, 2.45) is 0 Å². The van der Waals surface area contributed by atoms with Crippen LogP contribution in [0.1, 0.15) is 27.1 Å². The van der Waals surface area contributed by atoms with Gasteiger partial charge in [0, 0.05) is 34.5 Å². The number of halogens is 2. The zero-order valence-corrected chi connectivity index (χ0v) is 16.5. The maximum Gasteiger partial charge on any atom is 0.184 e. The van der Waals surface area contributed by atoms with Crippen LogP contribution in [0.5, 0.6) is 0 Å². The summed E-state index contributed by atoms with van der Waals surface area (Å²) < 4.78 is 0. The second-order valence-corrected chi connectivity index (χ2v) is 8.76. The fraction of sp³-hybridized carbons (Fsp3) is 0.312. The van der Waals surface area contributed by atoms with Crippen LogP contribution in [-0.2, 0) is 13.0 Å². The Morgan fingerprint density at radius 1 is 1.36 bits per heavy atom. The van der Waals surface area contributed by atoms with Crippen molar-refractivity contribution in [3.8, 4) is 0 Å². The Hall–Kier alpha value is -1.41. The Morgan fingerprint density at radius 2 is 2.24 bits per heavy atom. The molecule has 5 nitrogen and oxygen atoms in total. The number of rotatable bonds is 5. The molecule has 0 aromatic carbocycles. The van der Waals surface area contributed by atoms with Crippen LogP contribution in [0.15, 0.2) is 17.6 Å². The minimum absolute atomic E-state index is 0.299. The SMILES string of the molecule is Cc1nc(CNc2nc(Cl)c(CC3CNc4ncc(Cl)cc43)s2)cs1. The summed E-state index contributed by atoms with van der Waals surface area (Å²) in [7, 11) is 0. The molecule has 2 N–H and O–H groups in total. The van der Waals surface area contributed by atoms with Crippen LogP contribution < -0.4 is 10.6 Å². The molecule has 130 valence electrons. The largest absolute Gasteiger partial charge is 0.369 e. The molecule has 1 unspecified atom stereocenters. The molecule has 4 rings (SSSR count). The second kappa shape index (κ2) is 7.07. The number of fused-ring (bicyclic) bond motifs is 1. The molecule has 0 radical (unpaired) electrons. The van der Waals surface area contributed by atoms with Crippen LogP contribution in [0.4, 0.5) is 10.9 Å². The van der Waals surface area contributed by atoms with Crippen molar-refractivity contribution in [3.05, 3.63) is 49.0 Å². The zero-order valence-electron chi connectivity index (χ0n) is 13.3. The van der Waals surface area contributed by atoms with E-state index in [0.29, 0.717) is 22.6 Å². The molecule has 3 aromatic heterocycles. The summed E-state index contributed by atoms with van der Waals surface area (Å²) in [5.41, 5.74) is 2.16. The molecule has 1 aliphatic heterocycles. The van der Waals surface area contributed by atoms with Gasteiger partial charge in [0.05, 0.1) is 22.3 Å². The molecule has 0 saturated heterocycles. The summed E-state index contributed by atoms with van der Waals surface area (Å²) in [5.74, 6) is 1.21. The highest BCUT2D eigenvalue weighted by Gasteiger charge is 2.26. The molecule has 1 atom stereocenters. The first-order valence-corrected chi connectivity index (χ1v) is 10.2. The Morgan fingerprint density at radius 3 is 3.04 bits per heavy atom. The number of nitrogens with one attached hydrogen (secondary N) is 2. The maximum atomic E-state index is 6.35. The van der Waals surface area contributed by atoms with E-state index in [1.54, 1.807) is 28.9 Å². The van der Waals surface area contributed by atoms with E-state index in [1.165, 1.54) is 0 Å². The van der Waals surface area contributed by atoms with E-state index in [0.717, 1.165) is 45.1 Å². The van der Waals surface area contributed by atoms with Gasteiger partial charge in [0.2, 0.25) is 0 Å². The summed E-state index contributed by atoms with van der Waals surface area (Å²) in [6.45, 7) is 3.49. The highest BCUT2D eigenvalue weighted by atomic mass is 35.5. The fourth-order valence-electron chi connectivity index (χ4n) is 2.84. The predicted molar refractivity (Wildman–Crippen MR) is 105 cm³/mol. The number of pyridine rings is 1. The van der Waals surface area contributed by atoms with Gasteiger partial charge in [-0.3, -0.25) is 0 Å². The zero-order chi connectivity index (χ0) is 17.4. The van der Waals surface area contributed by atoms with Gasteiger partial charge in [-0.25, -0.2) is 15.0 Å². The molecule has 0 fully saturated rings. The number of anilines is 2. The fourth-order valence-corrected chi connectivity index (χ4v) is 4.88. The number of nitrogens with zero attached hydrogens (tertiary/aromatic N) is 3. The third kappa shape index (κ3) is 3.74. The Kier molecular flexibility index (Phi) is 4.82. The lowest BCUT2D eigenvalue weighted by Crippen LogP contribution is -2.04. The molecule has 0 bridgehead atoms. The van der Waals surface area contributed by atoms with Crippen LogP contribution >= 0.6 is 45.9 Å². The molecule has 1 aliphatic rings. The summed E-state index contributed by atoms with van der Waals surface area (Å²) >= 11 is 15.7. The van der Waals surface area contributed by atoms with Crippen molar-refractivity contribution in [1.82, 2.24) is 15.0 Å². The summed E-state index contributed by atoms with van der Waals surface area (Å²) in [5, 5.41) is 11.8. The molecule has 0 amide bonds. The third-order valence-corrected chi connectivity index (χ3v) is 6.50. The first kappa shape index (κ1) is 17.0. The van der Waals surface area contributed by atoms with E-state index in [1.807, 2.05) is 13.0 Å². The Labute approximate surface area is 163 Å². The van der Waals surface area contributed by atoms with E-state index in [2.05, 4.69) is 31.0 Å². The van der Waals surface area contributed by atoms with Crippen LogP contribution in [0, 0.1) is 6.92 Å². The van der Waals surface area contributed by atoms with Gasteiger partial charge >= 0.3 is 0 Å². The van der Waals surface area contributed by atoms with E-state index >= 15 is 0 Å². The van der Waals surface area contributed by atoms with E-state index in [-0.39, 0.29) is 0 Å². The average molecular weight is 412 g/mol. The van der Waals surface area contributed by atoms with Gasteiger partial charge in [-0.1, -0.05) is 23.2 Å². The number of hydrogen-bond acceptors (Lipinski definition) is 7. The van der Waals surface area contributed by atoms with Gasteiger partial charge in [0.1, 0.15) is 11.0 Å². The van der Waals surface area contributed by atoms with Crippen molar-refractivity contribution in [2.75, 3.05) is 17.2 Å². The van der Waals surface area contributed by atoms with Gasteiger partial charge in [-0.2, -0.15) is 0 Å². The number of thiazole rings is 2.